The molecule has 1 aromatic heterocycles. The minimum atomic E-state index is -0.217. The minimum absolute atomic E-state index is 0.00774. The van der Waals surface area contributed by atoms with Crippen molar-refractivity contribution in [2.75, 3.05) is 0 Å². The molecule has 0 saturated heterocycles. The Hall–Kier alpha value is -1.46. The summed E-state index contributed by atoms with van der Waals surface area (Å²) >= 11 is 7.45. The fourth-order valence-electron chi connectivity index (χ4n) is 2.30. The lowest BCUT2D eigenvalue weighted by atomic mass is 10.0. The van der Waals surface area contributed by atoms with Crippen molar-refractivity contribution >= 4 is 33.0 Å². The number of hydrazine groups is 1. The molecule has 0 bridgehead atoms. The average molecular weight is 321 g/mol. The van der Waals surface area contributed by atoms with Crippen molar-refractivity contribution < 1.29 is 4.39 Å². The molecule has 2 aromatic carbocycles. The van der Waals surface area contributed by atoms with Gasteiger partial charge < -0.3 is 0 Å². The number of hydrogen-bond donors (Lipinski definition) is 2. The molecule has 1 atom stereocenters. The van der Waals surface area contributed by atoms with E-state index in [1.807, 2.05) is 24.3 Å². The first-order valence-corrected chi connectivity index (χ1v) is 7.75. The van der Waals surface area contributed by atoms with E-state index >= 15 is 0 Å². The number of thiophene rings is 1. The first-order valence-electron chi connectivity index (χ1n) is 6.55. The zero-order valence-electron chi connectivity index (χ0n) is 11.1. The van der Waals surface area contributed by atoms with Gasteiger partial charge >= 0.3 is 0 Å². The highest BCUT2D eigenvalue weighted by atomic mass is 35.5. The van der Waals surface area contributed by atoms with Gasteiger partial charge in [0.1, 0.15) is 5.82 Å². The molecule has 1 unspecified atom stereocenters. The number of rotatable bonds is 4. The molecule has 21 heavy (non-hydrogen) atoms. The van der Waals surface area contributed by atoms with Crippen LogP contribution in [-0.2, 0) is 6.42 Å². The van der Waals surface area contributed by atoms with E-state index < -0.39 is 0 Å². The maximum atomic E-state index is 13.3. The van der Waals surface area contributed by atoms with Crippen LogP contribution in [-0.4, -0.2) is 0 Å². The van der Waals surface area contributed by atoms with Crippen LogP contribution in [0, 0.1) is 5.82 Å². The van der Waals surface area contributed by atoms with Crippen molar-refractivity contribution in [1.29, 1.82) is 0 Å². The number of nitrogens with one attached hydrogen (secondary N) is 1. The molecule has 3 rings (SSSR count). The average Bonchev–Trinajstić information content (AvgIpc) is 2.89. The lowest BCUT2D eigenvalue weighted by Crippen LogP contribution is -2.28. The van der Waals surface area contributed by atoms with Gasteiger partial charge in [-0.05, 0) is 47.7 Å². The molecule has 0 aliphatic heterocycles. The number of halogens is 2. The van der Waals surface area contributed by atoms with E-state index in [4.69, 9.17) is 17.4 Å². The standard InChI is InChI=1S/C16H14ClFN2S/c17-12-4-1-10(2-5-12)7-14(20-19)16-8-11-3-6-13(18)9-15(11)21-16/h1-6,8-9,14,20H,7,19H2. The fraction of sp³-hybridized carbons (Fsp3) is 0.125. The molecular formula is C16H14ClFN2S. The molecule has 0 saturated carbocycles. The summed E-state index contributed by atoms with van der Waals surface area (Å²) in [5.74, 6) is 5.47. The number of fused-ring (bicyclic) bond motifs is 1. The molecule has 108 valence electrons. The first-order chi connectivity index (χ1) is 10.2. The monoisotopic (exact) mass is 320 g/mol. The predicted molar refractivity (Wildman–Crippen MR) is 87.0 cm³/mol. The number of nitrogens with two attached hydrogens (primary N) is 1. The van der Waals surface area contributed by atoms with E-state index in [2.05, 4.69) is 11.5 Å². The highest BCUT2D eigenvalue weighted by molar-refractivity contribution is 7.19. The Morgan fingerprint density at radius 2 is 1.90 bits per heavy atom. The van der Waals surface area contributed by atoms with Crippen molar-refractivity contribution in [2.45, 2.75) is 12.5 Å². The summed E-state index contributed by atoms with van der Waals surface area (Å²) in [6, 6.07) is 14.6. The van der Waals surface area contributed by atoms with Gasteiger partial charge in [-0.1, -0.05) is 29.8 Å². The summed E-state index contributed by atoms with van der Waals surface area (Å²) in [7, 11) is 0. The highest BCUT2D eigenvalue weighted by Crippen LogP contribution is 2.31. The lowest BCUT2D eigenvalue weighted by molar-refractivity contribution is 0.561. The molecule has 0 amide bonds. The summed E-state index contributed by atoms with van der Waals surface area (Å²) in [5, 5.41) is 1.75. The van der Waals surface area contributed by atoms with Crippen molar-refractivity contribution in [1.82, 2.24) is 5.43 Å². The van der Waals surface area contributed by atoms with E-state index in [-0.39, 0.29) is 11.9 Å². The molecule has 1 heterocycles. The largest absolute Gasteiger partial charge is 0.271 e. The van der Waals surface area contributed by atoms with Gasteiger partial charge in [0.15, 0.2) is 0 Å². The van der Waals surface area contributed by atoms with E-state index in [9.17, 15) is 4.39 Å². The second-order valence-electron chi connectivity index (χ2n) is 4.88. The highest BCUT2D eigenvalue weighted by Gasteiger charge is 2.14. The smallest absolute Gasteiger partial charge is 0.124 e. The van der Waals surface area contributed by atoms with Crippen molar-refractivity contribution in [3.8, 4) is 0 Å². The van der Waals surface area contributed by atoms with Gasteiger partial charge in [-0.3, -0.25) is 11.3 Å². The molecule has 3 N–H and O–H groups in total. The summed E-state index contributed by atoms with van der Waals surface area (Å²) in [6.45, 7) is 0. The molecule has 0 fully saturated rings. The van der Waals surface area contributed by atoms with Crippen LogP contribution in [0.5, 0.6) is 0 Å². The zero-order valence-corrected chi connectivity index (χ0v) is 12.7. The molecule has 0 aliphatic carbocycles. The number of hydrogen-bond acceptors (Lipinski definition) is 3. The van der Waals surface area contributed by atoms with Crippen LogP contribution in [0.2, 0.25) is 5.02 Å². The van der Waals surface area contributed by atoms with Gasteiger partial charge in [0.2, 0.25) is 0 Å². The SMILES string of the molecule is NNC(Cc1ccc(Cl)cc1)c1cc2ccc(F)cc2s1. The van der Waals surface area contributed by atoms with Crippen LogP contribution >= 0.6 is 22.9 Å². The third-order valence-corrected chi connectivity index (χ3v) is 4.86. The Labute approximate surface area is 131 Å². The molecule has 0 aliphatic rings. The van der Waals surface area contributed by atoms with Gasteiger partial charge in [-0.15, -0.1) is 11.3 Å². The topological polar surface area (TPSA) is 38.0 Å². The maximum absolute atomic E-state index is 13.3. The van der Waals surface area contributed by atoms with Crippen LogP contribution in [0.15, 0.2) is 48.5 Å². The molecule has 3 aromatic rings. The van der Waals surface area contributed by atoms with E-state index in [1.165, 1.54) is 6.07 Å². The molecule has 5 heteroatoms. The van der Waals surface area contributed by atoms with Crippen molar-refractivity contribution in [3.63, 3.8) is 0 Å². The molecule has 0 spiro atoms. The van der Waals surface area contributed by atoms with E-state index in [1.54, 1.807) is 23.5 Å². The second-order valence-corrected chi connectivity index (χ2v) is 6.43. The normalized spacial score (nSPS) is 12.7. The summed E-state index contributed by atoms with van der Waals surface area (Å²) in [5.41, 5.74) is 3.99. The quantitative estimate of drug-likeness (QED) is 0.551. The zero-order chi connectivity index (χ0) is 14.8. The van der Waals surface area contributed by atoms with Crippen LogP contribution < -0.4 is 11.3 Å². The van der Waals surface area contributed by atoms with Gasteiger partial charge in [0.25, 0.3) is 0 Å². The fourth-order valence-corrected chi connectivity index (χ4v) is 3.57. The molecular weight excluding hydrogens is 307 g/mol. The Balaban J connectivity index is 1.88. The van der Waals surface area contributed by atoms with E-state index in [0.717, 1.165) is 26.9 Å². The lowest BCUT2D eigenvalue weighted by Gasteiger charge is -2.14. The van der Waals surface area contributed by atoms with E-state index in [0.29, 0.717) is 5.02 Å². The maximum Gasteiger partial charge on any atom is 0.124 e. The van der Waals surface area contributed by atoms with Crippen molar-refractivity contribution in [2.24, 2.45) is 5.84 Å². The summed E-state index contributed by atoms with van der Waals surface area (Å²) in [4.78, 5) is 1.09. The third kappa shape index (κ3) is 3.24. The Bertz CT molecular complexity index is 755. The van der Waals surface area contributed by atoms with Gasteiger partial charge in [0, 0.05) is 14.6 Å². The predicted octanol–water partition coefficient (Wildman–Crippen LogP) is 4.44. The Kier molecular flexibility index (Phi) is 4.22. The second kappa shape index (κ2) is 6.12. The van der Waals surface area contributed by atoms with Crippen LogP contribution in [0.25, 0.3) is 10.1 Å². The van der Waals surface area contributed by atoms with Gasteiger partial charge in [0.05, 0.1) is 6.04 Å². The third-order valence-electron chi connectivity index (χ3n) is 3.40. The minimum Gasteiger partial charge on any atom is -0.271 e. The first kappa shape index (κ1) is 14.5. The molecule has 2 nitrogen and oxygen atoms in total. The Morgan fingerprint density at radius 3 is 2.62 bits per heavy atom. The van der Waals surface area contributed by atoms with Gasteiger partial charge in [-0.2, -0.15) is 0 Å². The molecule has 0 radical (unpaired) electrons. The van der Waals surface area contributed by atoms with Crippen LogP contribution in [0.1, 0.15) is 16.5 Å². The summed E-state index contributed by atoms with van der Waals surface area (Å²) in [6.07, 6.45) is 0.753. The summed E-state index contributed by atoms with van der Waals surface area (Å²) < 4.78 is 14.2. The van der Waals surface area contributed by atoms with Crippen LogP contribution in [0.4, 0.5) is 4.39 Å². The Morgan fingerprint density at radius 1 is 1.14 bits per heavy atom. The number of benzene rings is 2. The van der Waals surface area contributed by atoms with Crippen molar-refractivity contribution in [3.05, 3.63) is 69.8 Å². The van der Waals surface area contributed by atoms with Crippen LogP contribution in [0.3, 0.4) is 0 Å². The van der Waals surface area contributed by atoms with Gasteiger partial charge in [-0.25, -0.2) is 4.39 Å².